The van der Waals surface area contributed by atoms with E-state index in [2.05, 4.69) is 76.3 Å². The summed E-state index contributed by atoms with van der Waals surface area (Å²) >= 11 is 0. The number of nitrogens with zero attached hydrogens (tertiary/aromatic N) is 1. The summed E-state index contributed by atoms with van der Waals surface area (Å²) in [6, 6.07) is 9.38. The molecule has 2 nitrogen and oxygen atoms in total. The number of benzene rings is 1. The van der Waals surface area contributed by atoms with Crippen molar-refractivity contribution in [3.63, 3.8) is 0 Å². The minimum absolute atomic E-state index is 0.169. The average molecular weight is 274 g/mol. The third-order valence-corrected chi connectivity index (χ3v) is 5.14. The first-order valence-corrected chi connectivity index (χ1v) is 7.73. The fourth-order valence-electron chi connectivity index (χ4n) is 2.96. The zero-order valence-electron chi connectivity index (χ0n) is 14.0. The molecule has 112 valence electrons. The number of rotatable bonds is 4. The summed E-state index contributed by atoms with van der Waals surface area (Å²) in [5.41, 5.74) is 3.50. The third kappa shape index (κ3) is 3.07. The van der Waals surface area contributed by atoms with Gasteiger partial charge in [0.25, 0.3) is 0 Å². The Labute approximate surface area is 124 Å². The number of hydrogen-bond donors (Lipinski definition) is 1. The predicted octanol–water partition coefficient (Wildman–Crippen LogP) is 3.63. The first-order valence-electron chi connectivity index (χ1n) is 7.73. The zero-order chi connectivity index (χ0) is 15.0. The van der Waals surface area contributed by atoms with Crippen LogP contribution in [0.5, 0.6) is 0 Å². The molecule has 1 aliphatic carbocycles. The Kier molecular flexibility index (Phi) is 4.27. The van der Waals surface area contributed by atoms with Crippen LogP contribution in [0.15, 0.2) is 24.3 Å². The SMILES string of the molecule is CN(C)C(C)(C)CNC1c2ccccc2CCC1(C)C. The Morgan fingerprint density at radius 2 is 1.90 bits per heavy atom. The lowest BCUT2D eigenvalue weighted by Gasteiger charge is -2.43. The van der Waals surface area contributed by atoms with Gasteiger partial charge in [-0.2, -0.15) is 0 Å². The van der Waals surface area contributed by atoms with Crippen LogP contribution in [0.1, 0.15) is 51.3 Å². The lowest BCUT2D eigenvalue weighted by molar-refractivity contribution is 0.149. The van der Waals surface area contributed by atoms with E-state index in [4.69, 9.17) is 0 Å². The van der Waals surface area contributed by atoms with Crippen molar-refractivity contribution in [1.29, 1.82) is 0 Å². The molecule has 0 fully saturated rings. The number of nitrogens with one attached hydrogen (secondary N) is 1. The van der Waals surface area contributed by atoms with Crippen LogP contribution >= 0.6 is 0 Å². The van der Waals surface area contributed by atoms with E-state index >= 15 is 0 Å². The molecule has 0 bridgehead atoms. The molecule has 1 aliphatic rings. The highest BCUT2D eigenvalue weighted by Gasteiger charge is 2.36. The highest BCUT2D eigenvalue weighted by atomic mass is 15.2. The molecule has 0 aromatic heterocycles. The fraction of sp³-hybridized carbons (Fsp3) is 0.667. The van der Waals surface area contributed by atoms with E-state index in [0.717, 1.165) is 6.54 Å². The first kappa shape index (κ1) is 15.5. The zero-order valence-corrected chi connectivity index (χ0v) is 14.0. The van der Waals surface area contributed by atoms with Crippen LogP contribution in [0.4, 0.5) is 0 Å². The molecule has 1 N–H and O–H groups in total. The first-order chi connectivity index (χ1) is 9.24. The van der Waals surface area contributed by atoms with Gasteiger partial charge in [0.15, 0.2) is 0 Å². The van der Waals surface area contributed by atoms with Gasteiger partial charge in [0.05, 0.1) is 0 Å². The molecule has 2 heteroatoms. The quantitative estimate of drug-likeness (QED) is 0.902. The largest absolute Gasteiger partial charge is 0.308 e. The fourth-order valence-corrected chi connectivity index (χ4v) is 2.96. The van der Waals surface area contributed by atoms with Crippen molar-refractivity contribution in [3.05, 3.63) is 35.4 Å². The molecule has 1 unspecified atom stereocenters. The molecule has 1 aromatic carbocycles. The van der Waals surface area contributed by atoms with Gasteiger partial charge < -0.3 is 10.2 Å². The molecule has 0 radical (unpaired) electrons. The lowest BCUT2D eigenvalue weighted by atomic mass is 9.70. The lowest BCUT2D eigenvalue weighted by Crippen LogP contribution is -2.50. The van der Waals surface area contributed by atoms with Crippen LogP contribution in [0.3, 0.4) is 0 Å². The number of fused-ring (bicyclic) bond motifs is 1. The van der Waals surface area contributed by atoms with E-state index in [1.165, 1.54) is 24.0 Å². The number of likely N-dealkylation sites (N-methyl/N-ethyl adjacent to an activating group) is 1. The summed E-state index contributed by atoms with van der Waals surface area (Å²) in [6.07, 6.45) is 2.46. The number of hydrogen-bond acceptors (Lipinski definition) is 2. The van der Waals surface area contributed by atoms with E-state index in [1.54, 1.807) is 0 Å². The number of aryl methyl sites for hydroxylation is 1. The molecule has 20 heavy (non-hydrogen) atoms. The second-order valence-electron chi connectivity index (χ2n) is 7.71. The molecule has 1 aromatic rings. The summed E-state index contributed by atoms with van der Waals surface area (Å²) in [4.78, 5) is 2.29. The highest BCUT2D eigenvalue weighted by molar-refractivity contribution is 5.34. The van der Waals surface area contributed by atoms with Gasteiger partial charge in [0, 0.05) is 18.1 Å². The van der Waals surface area contributed by atoms with Gasteiger partial charge in [-0.1, -0.05) is 38.1 Å². The van der Waals surface area contributed by atoms with Crippen LogP contribution in [0.2, 0.25) is 0 Å². The summed E-state index contributed by atoms with van der Waals surface area (Å²) in [5, 5.41) is 3.85. The normalized spacial score (nSPS) is 21.9. The van der Waals surface area contributed by atoms with E-state index in [0.29, 0.717) is 11.5 Å². The Morgan fingerprint density at radius 1 is 1.25 bits per heavy atom. The molecular formula is C18H30N2. The highest BCUT2D eigenvalue weighted by Crippen LogP contribution is 2.43. The van der Waals surface area contributed by atoms with Crippen molar-refractivity contribution in [3.8, 4) is 0 Å². The molecule has 0 spiro atoms. The summed E-state index contributed by atoms with van der Waals surface area (Å²) in [6.45, 7) is 10.4. The Morgan fingerprint density at radius 3 is 2.55 bits per heavy atom. The van der Waals surface area contributed by atoms with Gasteiger partial charge in [0.2, 0.25) is 0 Å². The van der Waals surface area contributed by atoms with Crippen molar-refractivity contribution >= 4 is 0 Å². The van der Waals surface area contributed by atoms with Gasteiger partial charge in [-0.3, -0.25) is 0 Å². The predicted molar refractivity (Wildman–Crippen MR) is 87.1 cm³/mol. The molecule has 0 saturated heterocycles. The Hall–Kier alpha value is -0.860. The molecule has 0 heterocycles. The molecule has 0 amide bonds. The molecule has 2 rings (SSSR count). The summed E-state index contributed by atoms with van der Waals surface area (Å²) in [7, 11) is 4.31. The second-order valence-corrected chi connectivity index (χ2v) is 7.71. The molecular weight excluding hydrogens is 244 g/mol. The van der Waals surface area contributed by atoms with Gasteiger partial charge in [0.1, 0.15) is 0 Å². The average Bonchev–Trinajstić information content (AvgIpc) is 2.36. The van der Waals surface area contributed by atoms with E-state index in [9.17, 15) is 0 Å². The molecule has 1 atom stereocenters. The summed E-state index contributed by atoms with van der Waals surface area (Å²) in [5.74, 6) is 0. The Bertz CT molecular complexity index is 460. The Balaban J connectivity index is 2.20. The van der Waals surface area contributed by atoms with Crippen LogP contribution in [-0.2, 0) is 6.42 Å². The van der Waals surface area contributed by atoms with Crippen LogP contribution in [-0.4, -0.2) is 31.1 Å². The standard InChI is InChI=1S/C18H30N2/c1-17(2)12-11-14-9-7-8-10-15(14)16(17)19-13-18(3,4)20(5)6/h7-10,16,19H,11-13H2,1-6H3. The van der Waals surface area contributed by atoms with Crippen molar-refractivity contribution in [2.45, 2.75) is 52.1 Å². The van der Waals surface area contributed by atoms with E-state index in [1.807, 2.05) is 0 Å². The van der Waals surface area contributed by atoms with Crippen molar-refractivity contribution < 1.29 is 0 Å². The maximum Gasteiger partial charge on any atom is 0.0375 e. The van der Waals surface area contributed by atoms with Crippen molar-refractivity contribution in [2.75, 3.05) is 20.6 Å². The van der Waals surface area contributed by atoms with Gasteiger partial charge in [-0.15, -0.1) is 0 Å². The third-order valence-electron chi connectivity index (χ3n) is 5.14. The second kappa shape index (κ2) is 5.50. The molecule has 0 aliphatic heterocycles. The van der Waals surface area contributed by atoms with Gasteiger partial charge in [-0.05, 0) is 57.3 Å². The van der Waals surface area contributed by atoms with Gasteiger partial charge in [-0.25, -0.2) is 0 Å². The van der Waals surface area contributed by atoms with Crippen molar-refractivity contribution in [2.24, 2.45) is 5.41 Å². The van der Waals surface area contributed by atoms with Crippen LogP contribution in [0.25, 0.3) is 0 Å². The minimum Gasteiger partial charge on any atom is -0.308 e. The molecule has 0 saturated carbocycles. The maximum absolute atomic E-state index is 3.85. The topological polar surface area (TPSA) is 15.3 Å². The maximum atomic E-state index is 3.85. The summed E-state index contributed by atoms with van der Waals surface area (Å²) < 4.78 is 0. The minimum atomic E-state index is 0.169. The van der Waals surface area contributed by atoms with Crippen LogP contribution in [0, 0.1) is 5.41 Å². The van der Waals surface area contributed by atoms with Crippen LogP contribution < -0.4 is 5.32 Å². The smallest absolute Gasteiger partial charge is 0.0375 e. The van der Waals surface area contributed by atoms with E-state index in [-0.39, 0.29) is 5.54 Å². The van der Waals surface area contributed by atoms with E-state index < -0.39 is 0 Å². The van der Waals surface area contributed by atoms with Gasteiger partial charge >= 0.3 is 0 Å². The monoisotopic (exact) mass is 274 g/mol. The van der Waals surface area contributed by atoms with Crippen molar-refractivity contribution in [1.82, 2.24) is 10.2 Å².